The van der Waals surface area contributed by atoms with Gasteiger partial charge in [0.1, 0.15) is 6.23 Å². The van der Waals surface area contributed by atoms with E-state index in [1.807, 2.05) is 0 Å². The van der Waals surface area contributed by atoms with E-state index in [1.54, 1.807) is 0 Å². The van der Waals surface area contributed by atoms with Crippen molar-refractivity contribution >= 4 is 17.8 Å². The molecule has 0 aromatic rings. The Hall–Kier alpha value is -1.67. The number of carbonyl (C=O) groups is 3. The van der Waals surface area contributed by atoms with Crippen LogP contribution in [0.25, 0.3) is 0 Å². The van der Waals surface area contributed by atoms with Crippen LogP contribution >= 0.6 is 0 Å². The zero-order valence-corrected chi connectivity index (χ0v) is 17.6. The van der Waals surface area contributed by atoms with Crippen LogP contribution in [0, 0.1) is 0 Å². The molecule has 1 atom stereocenters. The number of carboxylic acid groups (broad SMARTS) is 2. The van der Waals surface area contributed by atoms with E-state index in [9.17, 15) is 29.7 Å². The molecule has 164 valence electrons. The van der Waals surface area contributed by atoms with Gasteiger partial charge in [-0.25, -0.2) is 9.59 Å². The zero-order valence-electron chi connectivity index (χ0n) is 17.6. The number of aliphatic carboxylic acids is 2. The minimum atomic E-state index is -2.27. The summed E-state index contributed by atoms with van der Waals surface area (Å²) >= 11 is 0. The molecule has 0 aromatic carbocycles. The Labute approximate surface area is 168 Å². The summed E-state index contributed by atoms with van der Waals surface area (Å²) < 4.78 is 0. The van der Waals surface area contributed by atoms with Crippen LogP contribution in [0.3, 0.4) is 0 Å². The molecule has 1 amide bonds. The molecular weight excluding hydrogens is 364 g/mol. The highest BCUT2D eigenvalue weighted by molar-refractivity contribution is 6.02. The summed E-state index contributed by atoms with van der Waals surface area (Å²) in [4.78, 5) is 35.6. The number of unbranched alkanes of at least 4 members (excludes halogenated alkanes) is 8. The molecule has 0 aliphatic heterocycles. The first-order valence-electron chi connectivity index (χ1n) is 10.4. The quantitative estimate of drug-likeness (QED) is 0.167. The Balaban J connectivity index is 4.11. The number of aliphatic hydroxyl groups excluding tert-OH is 1. The topological polar surface area (TPSA) is 127 Å². The van der Waals surface area contributed by atoms with E-state index in [0.29, 0.717) is 6.42 Å². The van der Waals surface area contributed by atoms with Crippen LogP contribution in [0.2, 0.25) is 0 Å². The summed E-state index contributed by atoms with van der Waals surface area (Å²) in [6, 6.07) is 0. The fraction of sp³-hybridized carbons (Fsp3) is 0.850. The SMILES string of the molecule is CCCCCCCCCCCC(=O)NCCN(C(C)O)C(C)(C(=O)O)C(=O)O. The third-order valence-electron chi connectivity index (χ3n) is 5.04. The minimum Gasteiger partial charge on any atom is -0.479 e. The van der Waals surface area contributed by atoms with Gasteiger partial charge in [-0.1, -0.05) is 58.3 Å². The van der Waals surface area contributed by atoms with Crippen molar-refractivity contribution in [3.8, 4) is 0 Å². The molecule has 8 nitrogen and oxygen atoms in total. The Kier molecular flexibility index (Phi) is 13.5. The average molecular weight is 403 g/mol. The van der Waals surface area contributed by atoms with Gasteiger partial charge in [-0.2, -0.15) is 0 Å². The standard InChI is InChI=1S/C20H38N2O6/c1-4-5-6-7-8-9-10-11-12-13-17(24)21-14-15-22(16(2)23)20(3,18(25)26)19(27)28/h16,23H,4-15H2,1-3H3,(H,21,24)(H,25,26)(H,27,28). The van der Waals surface area contributed by atoms with Crippen LogP contribution in [-0.4, -0.2) is 62.9 Å². The molecule has 0 spiro atoms. The van der Waals surface area contributed by atoms with Gasteiger partial charge in [0.05, 0.1) is 0 Å². The Morgan fingerprint density at radius 2 is 1.39 bits per heavy atom. The highest BCUT2D eigenvalue weighted by Gasteiger charge is 2.48. The van der Waals surface area contributed by atoms with Crippen LogP contribution in [-0.2, 0) is 14.4 Å². The molecule has 8 heteroatoms. The third kappa shape index (κ3) is 9.50. The maximum atomic E-state index is 11.9. The summed E-state index contributed by atoms with van der Waals surface area (Å²) in [5.74, 6) is -3.29. The molecule has 0 bridgehead atoms. The van der Waals surface area contributed by atoms with E-state index in [-0.39, 0.29) is 19.0 Å². The van der Waals surface area contributed by atoms with Gasteiger partial charge in [-0.3, -0.25) is 9.69 Å². The number of aliphatic hydroxyl groups is 1. The van der Waals surface area contributed by atoms with Gasteiger partial charge < -0.3 is 20.6 Å². The Bertz CT molecular complexity index is 467. The molecule has 0 radical (unpaired) electrons. The predicted molar refractivity (Wildman–Crippen MR) is 107 cm³/mol. The first-order valence-corrected chi connectivity index (χ1v) is 10.4. The first-order chi connectivity index (χ1) is 13.2. The number of carboxylic acids is 2. The van der Waals surface area contributed by atoms with E-state index >= 15 is 0 Å². The van der Waals surface area contributed by atoms with E-state index in [0.717, 1.165) is 31.1 Å². The van der Waals surface area contributed by atoms with Crippen molar-refractivity contribution in [2.75, 3.05) is 13.1 Å². The van der Waals surface area contributed by atoms with Gasteiger partial charge in [-0.15, -0.1) is 0 Å². The molecule has 0 aliphatic carbocycles. The molecule has 0 aromatic heterocycles. The fourth-order valence-electron chi connectivity index (χ4n) is 3.12. The monoisotopic (exact) mass is 402 g/mol. The number of nitrogens with zero attached hydrogens (tertiary/aromatic N) is 1. The average Bonchev–Trinajstić information content (AvgIpc) is 2.62. The van der Waals surface area contributed by atoms with Gasteiger partial charge in [-0.05, 0) is 20.3 Å². The van der Waals surface area contributed by atoms with Crippen molar-refractivity contribution < 1.29 is 29.7 Å². The number of hydrogen-bond donors (Lipinski definition) is 4. The lowest BCUT2D eigenvalue weighted by atomic mass is 10.00. The number of carbonyl (C=O) groups excluding carboxylic acids is 1. The van der Waals surface area contributed by atoms with Crippen LogP contribution < -0.4 is 5.32 Å². The minimum absolute atomic E-state index is 0.0668. The van der Waals surface area contributed by atoms with E-state index < -0.39 is 23.7 Å². The van der Waals surface area contributed by atoms with Crippen LogP contribution in [0.4, 0.5) is 0 Å². The van der Waals surface area contributed by atoms with Gasteiger partial charge >= 0.3 is 11.9 Å². The summed E-state index contributed by atoms with van der Waals surface area (Å²) in [6.07, 6.45) is 9.56. The predicted octanol–water partition coefficient (Wildman–Crippen LogP) is 2.59. The number of hydrogen-bond acceptors (Lipinski definition) is 5. The van der Waals surface area contributed by atoms with Crippen molar-refractivity contribution in [3.05, 3.63) is 0 Å². The number of amides is 1. The Morgan fingerprint density at radius 1 is 0.929 bits per heavy atom. The van der Waals surface area contributed by atoms with Gasteiger partial charge in [0.15, 0.2) is 0 Å². The van der Waals surface area contributed by atoms with Crippen molar-refractivity contribution in [1.29, 1.82) is 0 Å². The lowest BCUT2D eigenvalue weighted by Crippen LogP contribution is -2.62. The van der Waals surface area contributed by atoms with Crippen LogP contribution in [0.15, 0.2) is 0 Å². The van der Waals surface area contributed by atoms with Gasteiger partial charge in [0.2, 0.25) is 11.4 Å². The molecule has 0 aliphatic rings. The molecular formula is C20H38N2O6. The Morgan fingerprint density at radius 3 is 1.82 bits per heavy atom. The van der Waals surface area contributed by atoms with Crippen molar-refractivity contribution in [2.24, 2.45) is 0 Å². The van der Waals surface area contributed by atoms with Crippen molar-refractivity contribution in [1.82, 2.24) is 10.2 Å². The fourth-order valence-corrected chi connectivity index (χ4v) is 3.12. The van der Waals surface area contributed by atoms with E-state index in [2.05, 4.69) is 12.2 Å². The largest absolute Gasteiger partial charge is 0.479 e. The second-order valence-electron chi connectivity index (χ2n) is 7.44. The van der Waals surface area contributed by atoms with Gasteiger partial charge in [0.25, 0.3) is 0 Å². The highest BCUT2D eigenvalue weighted by atomic mass is 16.4. The lowest BCUT2D eigenvalue weighted by Gasteiger charge is -2.36. The van der Waals surface area contributed by atoms with E-state index in [4.69, 9.17) is 0 Å². The summed E-state index contributed by atoms with van der Waals surface area (Å²) in [5, 5.41) is 31.0. The molecule has 1 unspecified atom stereocenters. The second-order valence-corrected chi connectivity index (χ2v) is 7.44. The van der Waals surface area contributed by atoms with Crippen LogP contribution in [0.1, 0.15) is 85.0 Å². The van der Waals surface area contributed by atoms with Crippen LogP contribution in [0.5, 0.6) is 0 Å². The van der Waals surface area contributed by atoms with Gasteiger partial charge in [0, 0.05) is 19.5 Å². The summed E-state index contributed by atoms with van der Waals surface area (Å²) in [7, 11) is 0. The number of nitrogens with one attached hydrogen (secondary N) is 1. The molecule has 0 fully saturated rings. The maximum Gasteiger partial charge on any atom is 0.335 e. The lowest BCUT2D eigenvalue weighted by molar-refractivity contribution is -0.174. The zero-order chi connectivity index (χ0) is 21.6. The summed E-state index contributed by atoms with van der Waals surface area (Å²) in [5.41, 5.74) is -2.27. The van der Waals surface area contributed by atoms with E-state index in [1.165, 1.54) is 45.4 Å². The maximum absolute atomic E-state index is 11.9. The second kappa shape index (κ2) is 14.3. The smallest absolute Gasteiger partial charge is 0.335 e. The molecule has 0 saturated carbocycles. The molecule has 28 heavy (non-hydrogen) atoms. The normalized spacial score (nSPS) is 12.8. The molecule has 4 N–H and O–H groups in total. The van der Waals surface area contributed by atoms with Crippen molar-refractivity contribution in [2.45, 2.75) is 96.7 Å². The summed E-state index contributed by atoms with van der Waals surface area (Å²) in [6.45, 7) is 4.50. The first kappa shape index (κ1) is 26.3. The number of rotatable bonds is 17. The van der Waals surface area contributed by atoms with Crippen molar-refractivity contribution in [3.63, 3.8) is 0 Å². The molecule has 0 rings (SSSR count). The highest BCUT2D eigenvalue weighted by Crippen LogP contribution is 2.18. The molecule has 0 saturated heterocycles. The third-order valence-corrected chi connectivity index (χ3v) is 5.04. The molecule has 0 heterocycles.